The molecule has 1 N–H and O–H groups in total. The van der Waals surface area contributed by atoms with Gasteiger partial charge in [0.2, 0.25) is 11.7 Å². The molecule has 0 aliphatic carbocycles. The highest BCUT2D eigenvalue weighted by Crippen LogP contribution is 2.31. The molecule has 9 heteroatoms. The van der Waals surface area contributed by atoms with Gasteiger partial charge in [0.25, 0.3) is 0 Å². The van der Waals surface area contributed by atoms with Gasteiger partial charge >= 0.3 is 6.18 Å². The van der Waals surface area contributed by atoms with Crippen molar-refractivity contribution in [3.63, 3.8) is 0 Å². The molecule has 5 nitrogen and oxygen atoms in total. The molecule has 2 aromatic carbocycles. The Morgan fingerprint density at radius 1 is 1.15 bits per heavy atom. The number of amides is 1. The highest BCUT2D eigenvalue weighted by molar-refractivity contribution is 8.00. The van der Waals surface area contributed by atoms with E-state index in [1.807, 2.05) is 36.4 Å². The number of hydrogen-bond acceptors (Lipinski definition) is 4. The SMILES string of the molecule is C[C@@H](Sc1nnc(C(F)(F)F)n1C)C(=O)Nc1cccc2ccccc12. The quantitative estimate of drug-likeness (QED) is 0.692. The molecule has 0 spiro atoms. The Hall–Kier alpha value is -2.55. The van der Waals surface area contributed by atoms with Crippen molar-refractivity contribution in [2.75, 3.05) is 5.32 Å². The summed E-state index contributed by atoms with van der Waals surface area (Å²) in [7, 11) is 1.22. The summed E-state index contributed by atoms with van der Waals surface area (Å²) in [6, 6.07) is 13.1. The van der Waals surface area contributed by atoms with Crippen LogP contribution in [0.3, 0.4) is 0 Å². The standard InChI is InChI=1S/C17H15F3N4OS/c1-10(26-16-23-22-15(24(16)2)17(18,19)20)14(25)21-13-9-5-7-11-6-3-4-8-12(11)13/h3-10H,1-2H3,(H,21,25)/t10-/m1/s1. The van der Waals surface area contributed by atoms with Crippen LogP contribution < -0.4 is 5.32 Å². The molecule has 136 valence electrons. The molecule has 26 heavy (non-hydrogen) atoms. The summed E-state index contributed by atoms with van der Waals surface area (Å²) in [5.41, 5.74) is 0.648. The number of thioether (sulfide) groups is 1. The number of aromatic nitrogens is 3. The lowest BCUT2D eigenvalue weighted by molar-refractivity contribution is -0.147. The number of anilines is 1. The number of carbonyl (C=O) groups excluding carboxylic acids is 1. The van der Waals surface area contributed by atoms with Gasteiger partial charge in [-0.1, -0.05) is 48.2 Å². The van der Waals surface area contributed by atoms with E-state index in [1.165, 1.54) is 7.05 Å². The minimum Gasteiger partial charge on any atom is -0.325 e. The van der Waals surface area contributed by atoms with E-state index in [2.05, 4.69) is 15.5 Å². The molecule has 1 atom stereocenters. The van der Waals surface area contributed by atoms with Crippen LogP contribution in [0.2, 0.25) is 0 Å². The van der Waals surface area contributed by atoms with Crippen molar-refractivity contribution < 1.29 is 18.0 Å². The van der Waals surface area contributed by atoms with Crippen LogP contribution in [0.15, 0.2) is 47.6 Å². The van der Waals surface area contributed by atoms with Crippen molar-refractivity contribution in [3.8, 4) is 0 Å². The zero-order valence-corrected chi connectivity index (χ0v) is 14.7. The molecule has 3 aromatic rings. The first-order valence-corrected chi connectivity index (χ1v) is 8.57. The van der Waals surface area contributed by atoms with E-state index in [9.17, 15) is 18.0 Å². The summed E-state index contributed by atoms with van der Waals surface area (Å²) in [5.74, 6) is -1.43. The largest absolute Gasteiger partial charge is 0.451 e. The van der Waals surface area contributed by atoms with Crippen LogP contribution in [-0.2, 0) is 18.0 Å². The molecule has 0 bridgehead atoms. The second kappa shape index (κ2) is 6.99. The third-order valence-corrected chi connectivity index (χ3v) is 4.92. The lowest BCUT2D eigenvalue weighted by Crippen LogP contribution is -2.23. The number of halogens is 3. The van der Waals surface area contributed by atoms with Crippen LogP contribution in [0.1, 0.15) is 12.7 Å². The normalized spacial score (nSPS) is 13.0. The second-order valence-corrected chi connectivity index (χ2v) is 6.95. The summed E-state index contributed by atoms with van der Waals surface area (Å²) >= 11 is 0.917. The van der Waals surface area contributed by atoms with E-state index < -0.39 is 17.3 Å². The molecule has 0 fully saturated rings. The van der Waals surface area contributed by atoms with Crippen molar-refractivity contribution in [3.05, 3.63) is 48.3 Å². The Morgan fingerprint density at radius 2 is 1.85 bits per heavy atom. The van der Waals surface area contributed by atoms with Gasteiger partial charge in [-0.3, -0.25) is 4.79 Å². The van der Waals surface area contributed by atoms with Crippen molar-refractivity contribution in [2.45, 2.75) is 23.5 Å². The maximum atomic E-state index is 12.8. The number of hydrogen-bond donors (Lipinski definition) is 1. The van der Waals surface area contributed by atoms with Crippen LogP contribution >= 0.6 is 11.8 Å². The van der Waals surface area contributed by atoms with Gasteiger partial charge in [-0.25, -0.2) is 0 Å². The Labute approximate surface area is 151 Å². The summed E-state index contributed by atoms with van der Waals surface area (Å²) < 4.78 is 39.2. The van der Waals surface area contributed by atoms with E-state index in [0.29, 0.717) is 5.69 Å². The third-order valence-electron chi connectivity index (χ3n) is 3.79. The molecular weight excluding hydrogens is 365 g/mol. The Bertz CT molecular complexity index is 949. The molecule has 1 amide bonds. The van der Waals surface area contributed by atoms with Gasteiger partial charge in [0.15, 0.2) is 5.16 Å². The zero-order chi connectivity index (χ0) is 18.9. The Morgan fingerprint density at radius 3 is 2.54 bits per heavy atom. The number of alkyl halides is 3. The maximum absolute atomic E-state index is 12.8. The first kappa shape index (κ1) is 18.2. The molecule has 1 heterocycles. The highest BCUT2D eigenvalue weighted by Gasteiger charge is 2.37. The van der Waals surface area contributed by atoms with Gasteiger partial charge in [0, 0.05) is 18.1 Å². The fraction of sp³-hybridized carbons (Fsp3) is 0.235. The van der Waals surface area contributed by atoms with Crippen molar-refractivity contribution >= 4 is 34.1 Å². The van der Waals surface area contributed by atoms with E-state index in [-0.39, 0.29) is 11.1 Å². The van der Waals surface area contributed by atoms with Gasteiger partial charge in [0.05, 0.1) is 5.25 Å². The second-order valence-electron chi connectivity index (χ2n) is 5.64. The average molecular weight is 380 g/mol. The van der Waals surface area contributed by atoms with Crippen molar-refractivity contribution in [2.24, 2.45) is 7.05 Å². The number of nitrogens with zero attached hydrogens (tertiary/aromatic N) is 3. The predicted octanol–water partition coefficient (Wildman–Crippen LogP) is 4.11. The van der Waals surface area contributed by atoms with Crippen LogP contribution in [0.25, 0.3) is 10.8 Å². The molecule has 1 aromatic heterocycles. The number of carbonyl (C=O) groups is 1. The first-order valence-electron chi connectivity index (χ1n) is 7.69. The van der Waals surface area contributed by atoms with Crippen molar-refractivity contribution in [1.29, 1.82) is 0 Å². The highest BCUT2D eigenvalue weighted by atomic mass is 32.2. The maximum Gasteiger partial charge on any atom is 0.451 e. The lowest BCUT2D eigenvalue weighted by atomic mass is 10.1. The smallest absolute Gasteiger partial charge is 0.325 e. The fourth-order valence-corrected chi connectivity index (χ4v) is 3.26. The summed E-state index contributed by atoms with van der Waals surface area (Å²) in [6.45, 7) is 1.60. The van der Waals surface area contributed by atoms with E-state index in [1.54, 1.807) is 13.0 Å². The summed E-state index contributed by atoms with van der Waals surface area (Å²) in [4.78, 5) is 12.5. The topological polar surface area (TPSA) is 59.8 Å². The van der Waals surface area contributed by atoms with E-state index in [4.69, 9.17) is 0 Å². The molecule has 0 unspecified atom stereocenters. The zero-order valence-electron chi connectivity index (χ0n) is 13.9. The lowest BCUT2D eigenvalue weighted by Gasteiger charge is -2.13. The van der Waals surface area contributed by atoms with Gasteiger partial charge < -0.3 is 9.88 Å². The summed E-state index contributed by atoms with van der Waals surface area (Å²) in [6.07, 6.45) is -4.59. The number of nitrogens with one attached hydrogen (secondary N) is 1. The molecule has 0 radical (unpaired) electrons. The monoisotopic (exact) mass is 380 g/mol. The van der Waals surface area contributed by atoms with Gasteiger partial charge in [-0.2, -0.15) is 13.2 Å². The molecule has 3 rings (SSSR count). The molecule has 0 aliphatic heterocycles. The van der Waals surface area contributed by atoms with Gasteiger partial charge in [-0.15, -0.1) is 10.2 Å². The van der Waals surface area contributed by atoms with Crippen molar-refractivity contribution in [1.82, 2.24) is 14.8 Å². The third kappa shape index (κ3) is 3.67. The van der Waals surface area contributed by atoms with Gasteiger partial charge in [-0.05, 0) is 18.4 Å². The molecule has 0 aliphatic rings. The van der Waals surface area contributed by atoms with Crippen LogP contribution in [0.5, 0.6) is 0 Å². The fourth-order valence-electron chi connectivity index (χ4n) is 2.44. The predicted molar refractivity (Wildman–Crippen MR) is 93.9 cm³/mol. The van der Waals surface area contributed by atoms with Crippen LogP contribution in [0, 0.1) is 0 Å². The van der Waals surface area contributed by atoms with Crippen LogP contribution in [-0.4, -0.2) is 25.9 Å². The number of fused-ring (bicyclic) bond motifs is 1. The number of rotatable bonds is 4. The molecule has 0 saturated carbocycles. The molecule has 0 saturated heterocycles. The summed E-state index contributed by atoms with van der Waals surface area (Å²) in [5, 5.41) is 10.8. The van der Waals surface area contributed by atoms with E-state index in [0.717, 1.165) is 27.1 Å². The number of benzene rings is 2. The van der Waals surface area contributed by atoms with Gasteiger partial charge in [0.1, 0.15) is 0 Å². The molecular formula is C17H15F3N4OS. The van der Waals surface area contributed by atoms with Crippen LogP contribution in [0.4, 0.5) is 18.9 Å². The first-order chi connectivity index (χ1) is 12.3. The minimum absolute atomic E-state index is 0.0258. The Balaban J connectivity index is 1.75. The van der Waals surface area contributed by atoms with E-state index >= 15 is 0 Å². The average Bonchev–Trinajstić information content (AvgIpc) is 2.96. The minimum atomic E-state index is -4.59. The Kier molecular flexibility index (Phi) is 4.90.